The topological polar surface area (TPSA) is 66.3 Å². The Hall–Kier alpha value is -1.17. The van der Waals surface area contributed by atoms with E-state index in [1.807, 2.05) is 0 Å². The number of carboxylic acid groups (broad SMARTS) is 1. The highest BCUT2D eigenvalue weighted by molar-refractivity contribution is 7.13. The predicted molar refractivity (Wildman–Crippen MR) is 52.5 cm³/mol. The van der Waals surface area contributed by atoms with Crippen LogP contribution in [0.4, 0.5) is 5.13 Å². The number of aromatic nitrogens is 2. The summed E-state index contributed by atoms with van der Waals surface area (Å²) in [5.74, 6) is -0.453. The average molecular weight is 213 g/mol. The van der Waals surface area contributed by atoms with E-state index in [1.54, 1.807) is 5.51 Å². The van der Waals surface area contributed by atoms with Crippen LogP contribution in [0.2, 0.25) is 0 Å². The molecule has 1 aromatic heterocycles. The van der Waals surface area contributed by atoms with Crippen molar-refractivity contribution in [2.45, 2.75) is 12.8 Å². The zero-order chi connectivity index (χ0) is 9.97. The quantitative estimate of drug-likeness (QED) is 0.806. The molecule has 76 valence electrons. The van der Waals surface area contributed by atoms with Crippen LogP contribution in [0.5, 0.6) is 0 Å². The zero-order valence-electron chi connectivity index (χ0n) is 7.59. The zero-order valence-corrected chi connectivity index (χ0v) is 8.40. The van der Waals surface area contributed by atoms with Crippen LogP contribution in [0, 0.1) is 5.92 Å². The summed E-state index contributed by atoms with van der Waals surface area (Å²) in [6.45, 7) is 1.69. The van der Waals surface area contributed by atoms with Gasteiger partial charge in [0, 0.05) is 19.5 Å². The highest BCUT2D eigenvalue weighted by Crippen LogP contribution is 2.26. The summed E-state index contributed by atoms with van der Waals surface area (Å²) in [4.78, 5) is 12.6. The van der Waals surface area contributed by atoms with Gasteiger partial charge in [-0.15, -0.1) is 10.2 Å². The molecule has 0 aromatic carbocycles. The second kappa shape index (κ2) is 3.91. The molecule has 0 amide bonds. The molecule has 5 nitrogen and oxygen atoms in total. The molecule has 1 aromatic rings. The number of carbonyl (C=O) groups is 1. The number of carboxylic acids is 1. The second-order valence-corrected chi connectivity index (χ2v) is 4.23. The lowest BCUT2D eigenvalue weighted by molar-refractivity contribution is -0.137. The Bertz CT molecular complexity index is 314. The van der Waals surface area contributed by atoms with E-state index in [2.05, 4.69) is 15.1 Å². The van der Waals surface area contributed by atoms with Crippen LogP contribution >= 0.6 is 11.3 Å². The summed E-state index contributed by atoms with van der Waals surface area (Å²) in [5.41, 5.74) is 1.69. The van der Waals surface area contributed by atoms with Crippen LogP contribution in [0.3, 0.4) is 0 Å². The van der Waals surface area contributed by atoms with Gasteiger partial charge in [0.1, 0.15) is 5.51 Å². The van der Waals surface area contributed by atoms with Crippen molar-refractivity contribution >= 4 is 22.4 Å². The van der Waals surface area contributed by atoms with Gasteiger partial charge in [0.25, 0.3) is 0 Å². The SMILES string of the molecule is O=C(O)CC1CCN(c2nncs2)C1. The fourth-order valence-electron chi connectivity index (χ4n) is 1.72. The maximum atomic E-state index is 10.5. The molecule has 0 bridgehead atoms. The number of nitrogens with zero attached hydrogens (tertiary/aromatic N) is 3. The smallest absolute Gasteiger partial charge is 0.303 e. The number of aliphatic carboxylic acids is 1. The fraction of sp³-hybridized carbons (Fsp3) is 0.625. The molecule has 1 N–H and O–H groups in total. The number of hydrogen-bond donors (Lipinski definition) is 1. The molecule has 0 aliphatic carbocycles. The summed E-state index contributed by atoms with van der Waals surface area (Å²) in [6, 6.07) is 0. The van der Waals surface area contributed by atoms with E-state index in [0.717, 1.165) is 24.6 Å². The summed E-state index contributed by atoms with van der Waals surface area (Å²) < 4.78 is 0. The minimum Gasteiger partial charge on any atom is -0.481 e. The van der Waals surface area contributed by atoms with E-state index in [4.69, 9.17) is 5.11 Å². The summed E-state index contributed by atoms with van der Waals surface area (Å²) >= 11 is 1.50. The molecule has 1 aliphatic heterocycles. The van der Waals surface area contributed by atoms with Crippen molar-refractivity contribution in [3.05, 3.63) is 5.51 Å². The number of rotatable bonds is 3. The lowest BCUT2D eigenvalue weighted by Crippen LogP contribution is -2.20. The first-order valence-corrected chi connectivity index (χ1v) is 5.36. The number of hydrogen-bond acceptors (Lipinski definition) is 5. The Kier molecular flexibility index (Phi) is 2.62. The van der Waals surface area contributed by atoms with Gasteiger partial charge in [-0.2, -0.15) is 0 Å². The molecule has 1 fully saturated rings. The van der Waals surface area contributed by atoms with Crippen LogP contribution in [0.1, 0.15) is 12.8 Å². The van der Waals surface area contributed by atoms with Gasteiger partial charge in [-0.25, -0.2) is 0 Å². The molecule has 14 heavy (non-hydrogen) atoms. The van der Waals surface area contributed by atoms with E-state index in [9.17, 15) is 4.79 Å². The summed E-state index contributed by atoms with van der Waals surface area (Å²) in [5, 5.41) is 17.3. The molecular weight excluding hydrogens is 202 g/mol. The van der Waals surface area contributed by atoms with E-state index in [0.29, 0.717) is 0 Å². The molecule has 1 unspecified atom stereocenters. The van der Waals surface area contributed by atoms with Crippen molar-refractivity contribution in [2.24, 2.45) is 5.92 Å². The van der Waals surface area contributed by atoms with E-state index >= 15 is 0 Å². The summed E-state index contributed by atoms with van der Waals surface area (Å²) in [6.07, 6.45) is 1.20. The van der Waals surface area contributed by atoms with Gasteiger partial charge < -0.3 is 10.0 Å². The minimum atomic E-state index is -0.714. The lowest BCUT2D eigenvalue weighted by atomic mass is 10.1. The number of anilines is 1. The maximum Gasteiger partial charge on any atom is 0.303 e. The second-order valence-electron chi connectivity index (χ2n) is 3.42. The first-order valence-electron chi connectivity index (χ1n) is 4.48. The highest BCUT2D eigenvalue weighted by Gasteiger charge is 2.25. The van der Waals surface area contributed by atoms with Gasteiger partial charge in [-0.3, -0.25) is 4.79 Å². The Balaban J connectivity index is 1.92. The molecule has 2 rings (SSSR count). The molecule has 1 saturated heterocycles. The third kappa shape index (κ3) is 2.01. The van der Waals surface area contributed by atoms with Crippen molar-refractivity contribution < 1.29 is 9.90 Å². The Morgan fingerprint density at radius 1 is 1.79 bits per heavy atom. The monoisotopic (exact) mass is 213 g/mol. The molecule has 1 atom stereocenters. The van der Waals surface area contributed by atoms with Crippen molar-refractivity contribution in [1.82, 2.24) is 10.2 Å². The van der Waals surface area contributed by atoms with E-state index in [-0.39, 0.29) is 12.3 Å². The van der Waals surface area contributed by atoms with Crippen molar-refractivity contribution in [3.8, 4) is 0 Å². The van der Waals surface area contributed by atoms with Crippen LogP contribution < -0.4 is 4.90 Å². The van der Waals surface area contributed by atoms with Crippen molar-refractivity contribution in [2.75, 3.05) is 18.0 Å². The van der Waals surface area contributed by atoms with Crippen LogP contribution in [0.25, 0.3) is 0 Å². The Labute approximate surface area is 85.4 Å². The predicted octanol–water partition coefficient (Wildman–Crippen LogP) is 0.839. The van der Waals surface area contributed by atoms with Crippen molar-refractivity contribution in [1.29, 1.82) is 0 Å². The molecule has 2 heterocycles. The third-order valence-corrected chi connectivity index (χ3v) is 3.12. The molecule has 1 aliphatic rings. The van der Waals surface area contributed by atoms with Gasteiger partial charge in [-0.05, 0) is 12.3 Å². The normalized spacial score (nSPS) is 21.4. The van der Waals surface area contributed by atoms with Crippen molar-refractivity contribution in [3.63, 3.8) is 0 Å². The highest BCUT2D eigenvalue weighted by atomic mass is 32.1. The van der Waals surface area contributed by atoms with Gasteiger partial charge >= 0.3 is 5.97 Å². The average Bonchev–Trinajstić information content (AvgIpc) is 2.69. The fourth-order valence-corrected chi connectivity index (χ4v) is 2.32. The van der Waals surface area contributed by atoms with Crippen LogP contribution in [-0.4, -0.2) is 34.4 Å². The first-order chi connectivity index (χ1) is 6.75. The largest absolute Gasteiger partial charge is 0.481 e. The van der Waals surface area contributed by atoms with Gasteiger partial charge in [0.2, 0.25) is 5.13 Å². The van der Waals surface area contributed by atoms with Gasteiger partial charge in [0.15, 0.2) is 0 Å². The molecular formula is C8H11N3O2S. The van der Waals surface area contributed by atoms with Gasteiger partial charge in [0.05, 0.1) is 0 Å². The Morgan fingerprint density at radius 3 is 3.29 bits per heavy atom. The van der Waals surface area contributed by atoms with Gasteiger partial charge in [-0.1, -0.05) is 11.3 Å². The van der Waals surface area contributed by atoms with E-state index < -0.39 is 5.97 Å². The molecule has 0 spiro atoms. The molecule has 0 saturated carbocycles. The summed E-state index contributed by atoms with van der Waals surface area (Å²) in [7, 11) is 0. The maximum absolute atomic E-state index is 10.5. The third-order valence-electron chi connectivity index (χ3n) is 2.37. The van der Waals surface area contributed by atoms with Crippen LogP contribution in [-0.2, 0) is 4.79 Å². The van der Waals surface area contributed by atoms with E-state index in [1.165, 1.54) is 11.3 Å². The first kappa shape index (κ1) is 9.39. The lowest BCUT2D eigenvalue weighted by Gasteiger charge is -2.12. The van der Waals surface area contributed by atoms with Crippen LogP contribution in [0.15, 0.2) is 5.51 Å². The molecule has 0 radical (unpaired) electrons. The standard InChI is InChI=1S/C8H11N3O2S/c12-7(13)3-6-1-2-11(4-6)8-10-9-5-14-8/h5-6H,1-4H2,(H,12,13). The minimum absolute atomic E-state index is 0.259. The molecule has 6 heteroatoms. The Morgan fingerprint density at radius 2 is 2.64 bits per heavy atom.